The summed E-state index contributed by atoms with van der Waals surface area (Å²) in [6.07, 6.45) is -4.61. The SMILES string of the molecule is Cc1nc2c(c(=O)n1C(c1ccccc1)c1ccccc1)CN(Cc1ccc(C(F)(F)F)cc1F)C2. The molecular formula is C28H23F4N3O. The van der Waals surface area contributed by atoms with Gasteiger partial charge in [-0.3, -0.25) is 14.3 Å². The largest absolute Gasteiger partial charge is 0.416 e. The van der Waals surface area contributed by atoms with E-state index in [9.17, 15) is 22.4 Å². The fourth-order valence-electron chi connectivity index (χ4n) is 4.78. The zero-order valence-corrected chi connectivity index (χ0v) is 19.5. The first-order valence-corrected chi connectivity index (χ1v) is 11.5. The molecule has 4 aromatic rings. The molecule has 8 heteroatoms. The normalized spacial score (nSPS) is 13.8. The summed E-state index contributed by atoms with van der Waals surface area (Å²) in [6.45, 7) is 2.41. The van der Waals surface area contributed by atoms with Gasteiger partial charge in [0.05, 0.1) is 22.9 Å². The molecule has 0 saturated carbocycles. The number of fused-ring (bicyclic) bond motifs is 1. The molecule has 36 heavy (non-hydrogen) atoms. The van der Waals surface area contributed by atoms with E-state index >= 15 is 0 Å². The number of halogens is 4. The minimum atomic E-state index is -4.61. The molecule has 0 aliphatic carbocycles. The first-order chi connectivity index (χ1) is 17.2. The van der Waals surface area contributed by atoms with Gasteiger partial charge in [0, 0.05) is 25.2 Å². The molecule has 5 rings (SSSR count). The van der Waals surface area contributed by atoms with Crippen molar-refractivity contribution in [3.8, 4) is 0 Å². The molecular weight excluding hydrogens is 470 g/mol. The van der Waals surface area contributed by atoms with Crippen LogP contribution < -0.4 is 5.56 Å². The van der Waals surface area contributed by atoms with Crippen LogP contribution in [-0.4, -0.2) is 14.5 Å². The number of alkyl halides is 3. The Labute approximate surface area is 205 Å². The van der Waals surface area contributed by atoms with E-state index in [1.807, 2.05) is 65.6 Å². The number of aryl methyl sites for hydroxylation is 1. The van der Waals surface area contributed by atoms with Gasteiger partial charge in [0.1, 0.15) is 11.6 Å². The molecule has 0 bridgehead atoms. The van der Waals surface area contributed by atoms with Gasteiger partial charge in [-0.05, 0) is 30.2 Å². The second-order valence-electron chi connectivity index (χ2n) is 8.93. The number of benzene rings is 3. The summed E-state index contributed by atoms with van der Waals surface area (Å²) < 4.78 is 54.8. The monoisotopic (exact) mass is 493 g/mol. The Balaban J connectivity index is 1.49. The van der Waals surface area contributed by atoms with Crippen LogP contribution in [-0.2, 0) is 25.8 Å². The van der Waals surface area contributed by atoms with Gasteiger partial charge in [0.25, 0.3) is 5.56 Å². The van der Waals surface area contributed by atoms with Crippen molar-refractivity contribution in [3.05, 3.63) is 134 Å². The lowest BCUT2D eigenvalue weighted by Gasteiger charge is -2.23. The summed E-state index contributed by atoms with van der Waals surface area (Å²) in [7, 11) is 0. The molecule has 0 fully saturated rings. The van der Waals surface area contributed by atoms with Gasteiger partial charge in [-0.1, -0.05) is 66.7 Å². The van der Waals surface area contributed by atoms with Gasteiger partial charge >= 0.3 is 6.18 Å². The van der Waals surface area contributed by atoms with Crippen molar-refractivity contribution in [2.24, 2.45) is 0 Å². The zero-order chi connectivity index (χ0) is 25.4. The van der Waals surface area contributed by atoms with Gasteiger partial charge in [-0.2, -0.15) is 13.2 Å². The van der Waals surface area contributed by atoms with Crippen LogP contribution in [0.1, 0.15) is 45.4 Å². The highest BCUT2D eigenvalue weighted by atomic mass is 19.4. The third-order valence-corrected chi connectivity index (χ3v) is 6.49. The van der Waals surface area contributed by atoms with Crippen LogP contribution in [0.3, 0.4) is 0 Å². The minimum Gasteiger partial charge on any atom is -0.289 e. The Kier molecular flexibility index (Phi) is 6.22. The van der Waals surface area contributed by atoms with Gasteiger partial charge < -0.3 is 0 Å². The van der Waals surface area contributed by atoms with Crippen molar-refractivity contribution in [2.45, 2.75) is 38.8 Å². The van der Waals surface area contributed by atoms with E-state index in [-0.39, 0.29) is 30.3 Å². The van der Waals surface area contributed by atoms with Crippen molar-refractivity contribution in [1.82, 2.24) is 14.5 Å². The first-order valence-electron chi connectivity index (χ1n) is 11.5. The molecule has 4 nitrogen and oxygen atoms in total. The average molecular weight is 494 g/mol. The molecule has 1 aliphatic heterocycles. The van der Waals surface area contributed by atoms with E-state index in [1.54, 1.807) is 11.5 Å². The Morgan fingerprint density at radius 2 is 1.53 bits per heavy atom. The quantitative estimate of drug-likeness (QED) is 0.327. The molecule has 0 N–H and O–H groups in total. The minimum absolute atomic E-state index is 0.0691. The number of aromatic nitrogens is 2. The number of nitrogens with zero attached hydrogens (tertiary/aromatic N) is 3. The fraction of sp³-hybridized carbons (Fsp3) is 0.214. The summed E-state index contributed by atoms with van der Waals surface area (Å²) >= 11 is 0. The smallest absolute Gasteiger partial charge is 0.289 e. The van der Waals surface area contributed by atoms with Crippen LogP contribution in [0, 0.1) is 12.7 Å². The maximum atomic E-state index is 14.4. The first kappa shape index (κ1) is 23.9. The molecule has 0 amide bonds. The summed E-state index contributed by atoms with van der Waals surface area (Å²) in [5.74, 6) is -0.366. The Bertz CT molecular complexity index is 1410. The molecule has 0 unspecified atom stereocenters. The zero-order valence-electron chi connectivity index (χ0n) is 19.5. The standard InChI is InChI=1S/C28H23F4N3O/c1-18-33-25-17-34(15-21-12-13-22(14-24(21)29)28(30,31)32)16-23(25)27(36)35(18)26(19-8-4-2-5-9-19)20-10-6-3-7-11-20/h2-14,26H,15-17H2,1H3. The van der Waals surface area contributed by atoms with E-state index in [4.69, 9.17) is 4.98 Å². The van der Waals surface area contributed by atoms with Gasteiger partial charge in [0.15, 0.2) is 0 Å². The van der Waals surface area contributed by atoms with Crippen LogP contribution in [0.15, 0.2) is 83.7 Å². The van der Waals surface area contributed by atoms with Crippen molar-refractivity contribution in [1.29, 1.82) is 0 Å². The summed E-state index contributed by atoms with van der Waals surface area (Å²) in [5, 5.41) is 0. The molecule has 2 heterocycles. The third kappa shape index (κ3) is 4.56. The Morgan fingerprint density at radius 1 is 0.917 bits per heavy atom. The second kappa shape index (κ2) is 9.35. The van der Waals surface area contributed by atoms with Gasteiger partial charge in [-0.15, -0.1) is 0 Å². The summed E-state index contributed by atoms with van der Waals surface area (Å²) in [4.78, 5) is 20.3. The van der Waals surface area contributed by atoms with E-state index in [1.165, 1.54) is 0 Å². The van der Waals surface area contributed by atoms with E-state index in [2.05, 4.69) is 0 Å². The highest BCUT2D eigenvalue weighted by Gasteiger charge is 2.32. The van der Waals surface area contributed by atoms with Crippen molar-refractivity contribution in [2.75, 3.05) is 0 Å². The van der Waals surface area contributed by atoms with E-state index in [0.717, 1.165) is 23.3 Å². The average Bonchev–Trinajstić information content (AvgIpc) is 3.26. The Hall–Kier alpha value is -3.78. The van der Waals surface area contributed by atoms with Crippen molar-refractivity contribution in [3.63, 3.8) is 0 Å². The lowest BCUT2D eigenvalue weighted by molar-refractivity contribution is -0.137. The topological polar surface area (TPSA) is 38.1 Å². The van der Waals surface area contributed by atoms with Gasteiger partial charge in [0.2, 0.25) is 0 Å². The van der Waals surface area contributed by atoms with E-state index in [0.29, 0.717) is 29.7 Å². The molecule has 0 spiro atoms. The number of rotatable bonds is 5. The number of hydrogen-bond donors (Lipinski definition) is 0. The predicted octanol–water partition coefficient (Wildman–Crippen LogP) is 5.86. The maximum Gasteiger partial charge on any atom is 0.416 e. The van der Waals surface area contributed by atoms with Crippen molar-refractivity contribution < 1.29 is 17.6 Å². The summed E-state index contributed by atoms with van der Waals surface area (Å²) in [6, 6.07) is 21.6. The summed E-state index contributed by atoms with van der Waals surface area (Å²) in [5.41, 5.74) is 1.95. The third-order valence-electron chi connectivity index (χ3n) is 6.49. The van der Waals surface area contributed by atoms with Crippen LogP contribution >= 0.6 is 0 Å². The maximum absolute atomic E-state index is 14.4. The molecule has 0 radical (unpaired) electrons. The molecule has 1 aliphatic rings. The highest BCUT2D eigenvalue weighted by Crippen LogP contribution is 2.32. The lowest BCUT2D eigenvalue weighted by Crippen LogP contribution is -2.32. The van der Waals surface area contributed by atoms with Crippen molar-refractivity contribution >= 4 is 0 Å². The molecule has 1 aromatic heterocycles. The van der Waals surface area contributed by atoms with Crippen LogP contribution in [0.4, 0.5) is 17.6 Å². The molecule has 3 aromatic carbocycles. The fourth-order valence-corrected chi connectivity index (χ4v) is 4.78. The highest BCUT2D eigenvalue weighted by molar-refractivity contribution is 5.35. The molecule has 184 valence electrons. The Morgan fingerprint density at radius 3 is 2.08 bits per heavy atom. The lowest BCUT2D eigenvalue weighted by atomic mass is 9.98. The molecule has 0 atom stereocenters. The van der Waals surface area contributed by atoms with Crippen LogP contribution in [0.5, 0.6) is 0 Å². The van der Waals surface area contributed by atoms with Crippen LogP contribution in [0.25, 0.3) is 0 Å². The predicted molar refractivity (Wildman–Crippen MR) is 128 cm³/mol. The second-order valence-corrected chi connectivity index (χ2v) is 8.93. The number of hydrogen-bond acceptors (Lipinski definition) is 3. The van der Waals surface area contributed by atoms with Gasteiger partial charge in [-0.25, -0.2) is 9.37 Å². The molecule has 0 saturated heterocycles. The van der Waals surface area contributed by atoms with E-state index < -0.39 is 17.6 Å². The van der Waals surface area contributed by atoms with Crippen LogP contribution in [0.2, 0.25) is 0 Å².